The summed E-state index contributed by atoms with van der Waals surface area (Å²) >= 11 is 3.51. The molecule has 0 radical (unpaired) electrons. The molecule has 1 aromatic heterocycles. The Labute approximate surface area is 233 Å². The number of aryl methyl sites for hydroxylation is 3. The molecule has 7 nitrogen and oxygen atoms in total. The molecule has 2 aromatic rings. The van der Waals surface area contributed by atoms with Gasteiger partial charge in [0.15, 0.2) is 6.61 Å². The molecule has 2 N–H and O–H groups in total. The highest BCUT2D eigenvalue weighted by Crippen LogP contribution is 2.39. The average molecular weight is 588 g/mol. The summed E-state index contributed by atoms with van der Waals surface area (Å²) in [7, 11) is 1.28. The van der Waals surface area contributed by atoms with Crippen molar-refractivity contribution in [1.82, 2.24) is 4.57 Å². The molecule has 0 aliphatic heterocycles. The zero-order valence-electron chi connectivity index (χ0n) is 23.3. The third-order valence-electron chi connectivity index (χ3n) is 6.54. The Bertz CT molecular complexity index is 1280. The van der Waals surface area contributed by atoms with Crippen molar-refractivity contribution < 1.29 is 23.9 Å². The number of primary amides is 1. The first-order valence-corrected chi connectivity index (χ1v) is 13.9. The number of amides is 1. The number of allylic oxidation sites excluding steroid dienone is 6. The van der Waals surface area contributed by atoms with Crippen LogP contribution in [0.2, 0.25) is 0 Å². The Morgan fingerprint density at radius 3 is 2.39 bits per heavy atom. The van der Waals surface area contributed by atoms with Gasteiger partial charge in [0.05, 0.1) is 23.6 Å². The number of hydrogen-bond acceptors (Lipinski definition) is 5. The van der Waals surface area contributed by atoms with Crippen LogP contribution in [0.1, 0.15) is 74.1 Å². The molecule has 206 valence electrons. The molecular formula is C30H39BrN2O5. The van der Waals surface area contributed by atoms with Gasteiger partial charge in [0.25, 0.3) is 11.7 Å². The van der Waals surface area contributed by atoms with Crippen LogP contribution in [0, 0.1) is 6.92 Å². The van der Waals surface area contributed by atoms with E-state index < -0.39 is 17.7 Å². The van der Waals surface area contributed by atoms with Gasteiger partial charge in [-0.05, 0) is 68.4 Å². The lowest BCUT2D eigenvalue weighted by Gasteiger charge is -2.16. The fourth-order valence-electron chi connectivity index (χ4n) is 4.67. The van der Waals surface area contributed by atoms with Crippen LogP contribution in [-0.2, 0) is 33.7 Å². The summed E-state index contributed by atoms with van der Waals surface area (Å²) in [6.45, 7) is 10.4. The molecule has 0 saturated carbocycles. The number of rotatable bonds is 10. The number of esters is 1. The lowest BCUT2D eigenvalue weighted by Crippen LogP contribution is -2.24. The smallest absolute Gasteiger partial charge is 0.343 e. The number of benzene rings is 1. The molecule has 0 spiro atoms. The van der Waals surface area contributed by atoms with E-state index in [9.17, 15) is 14.4 Å². The first-order valence-electron chi connectivity index (χ1n) is 13.1. The van der Waals surface area contributed by atoms with E-state index >= 15 is 0 Å². The number of methoxy groups -OCH3 is 1. The second-order valence-corrected chi connectivity index (χ2v) is 9.72. The Balaban J connectivity index is 0.000000423. The molecule has 1 aromatic carbocycles. The van der Waals surface area contributed by atoms with Gasteiger partial charge >= 0.3 is 5.97 Å². The third kappa shape index (κ3) is 7.04. The fourth-order valence-corrected chi connectivity index (χ4v) is 5.26. The number of aromatic nitrogens is 1. The number of nitrogens with two attached hydrogens (primary N) is 1. The highest BCUT2D eigenvalue weighted by Gasteiger charge is 2.28. The number of carbonyl (C=O) groups excluding carboxylic acids is 3. The number of halogens is 1. The van der Waals surface area contributed by atoms with Crippen LogP contribution in [0.4, 0.5) is 0 Å². The average Bonchev–Trinajstić information content (AvgIpc) is 3.04. The van der Waals surface area contributed by atoms with E-state index in [2.05, 4.69) is 58.8 Å². The SMILES string of the molecule is CCC1=CCC=CC=C1Br.CCCc1c(CC)cc(OCC(=O)OC)c2c(C(=O)C(N)=O)c(C)n(CC)c12. The third-order valence-corrected chi connectivity index (χ3v) is 7.31. The van der Waals surface area contributed by atoms with E-state index in [0.717, 1.165) is 48.7 Å². The van der Waals surface area contributed by atoms with Crippen molar-refractivity contribution in [1.29, 1.82) is 0 Å². The van der Waals surface area contributed by atoms with Gasteiger partial charge in [-0.2, -0.15) is 0 Å². The molecule has 38 heavy (non-hydrogen) atoms. The van der Waals surface area contributed by atoms with Crippen LogP contribution < -0.4 is 10.5 Å². The molecular weight excluding hydrogens is 548 g/mol. The summed E-state index contributed by atoms with van der Waals surface area (Å²) in [5.41, 5.74) is 10.7. The lowest BCUT2D eigenvalue weighted by molar-refractivity contribution is -0.142. The van der Waals surface area contributed by atoms with Gasteiger partial charge in [-0.3, -0.25) is 9.59 Å². The molecule has 1 heterocycles. The van der Waals surface area contributed by atoms with E-state index in [-0.39, 0.29) is 12.2 Å². The predicted molar refractivity (Wildman–Crippen MR) is 156 cm³/mol. The molecule has 0 atom stereocenters. The van der Waals surface area contributed by atoms with Crippen LogP contribution in [0.25, 0.3) is 10.9 Å². The molecule has 1 amide bonds. The summed E-state index contributed by atoms with van der Waals surface area (Å²) in [6.07, 6.45) is 13.3. The van der Waals surface area contributed by atoms with Crippen molar-refractivity contribution in [2.45, 2.75) is 73.3 Å². The van der Waals surface area contributed by atoms with Crippen LogP contribution in [-0.4, -0.2) is 35.9 Å². The monoisotopic (exact) mass is 586 g/mol. The highest BCUT2D eigenvalue weighted by atomic mass is 79.9. The summed E-state index contributed by atoms with van der Waals surface area (Å²) in [4.78, 5) is 35.9. The lowest BCUT2D eigenvalue weighted by atomic mass is 9.95. The van der Waals surface area contributed by atoms with Crippen molar-refractivity contribution in [3.05, 3.63) is 62.8 Å². The maximum atomic E-state index is 12.6. The van der Waals surface area contributed by atoms with Crippen LogP contribution in [0.15, 0.2) is 40.4 Å². The van der Waals surface area contributed by atoms with Gasteiger partial charge in [-0.15, -0.1) is 0 Å². The standard InChI is InChI=1S/C21H28N2O5.C9H11Br/c1-6-9-14-13(7-2)10-15(28-11-16(24)27-5)18-17(20(25)21(22)26)12(4)23(8-3)19(14)18;1-2-8-6-4-3-5-7-9(8)10/h10H,6-9,11H2,1-5H3,(H2,22,26);3,5-7H,2,4H2,1H3. The number of hydrogen-bond donors (Lipinski definition) is 1. The van der Waals surface area contributed by atoms with E-state index in [1.54, 1.807) is 6.92 Å². The predicted octanol–water partition coefficient (Wildman–Crippen LogP) is 6.27. The van der Waals surface area contributed by atoms with Crippen LogP contribution >= 0.6 is 15.9 Å². The topological polar surface area (TPSA) is 101 Å². The quantitative estimate of drug-likeness (QED) is 0.201. The molecule has 8 heteroatoms. The largest absolute Gasteiger partial charge is 0.481 e. The van der Waals surface area contributed by atoms with Gasteiger partial charge in [-0.1, -0.05) is 61.4 Å². The molecule has 0 bridgehead atoms. The van der Waals surface area contributed by atoms with Gasteiger partial charge in [0.2, 0.25) is 0 Å². The number of ether oxygens (including phenoxy) is 2. The van der Waals surface area contributed by atoms with Gasteiger partial charge in [0, 0.05) is 16.7 Å². The van der Waals surface area contributed by atoms with Crippen molar-refractivity contribution in [2.24, 2.45) is 5.73 Å². The fraction of sp³-hybridized carbons (Fsp3) is 0.433. The minimum Gasteiger partial charge on any atom is -0.481 e. The molecule has 0 unspecified atom stereocenters. The Hall–Kier alpha value is -3.13. The van der Waals surface area contributed by atoms with Gasteiger partial charge in [-0.25, -0.2) is 4.79 Å². The number of Topliss-reactive ketones (excluding diaryl/α,β-unsaturated/α-hetero) is 1. The molecule has 0 saturated heterocycles. The second-order valence-electron chi connectivity index (χ2n) is 8.86. The minimum atomic E-state index is -1.02. The zero-order valence-corrected chi connectivity index (χ0v) is 24.9. The normalized spacial score (nSPS) is 12.7. The summed E-state index contributed by atoms with van der Waals surface area (Å²) in [5, 5.41) is 0.535. The van der Waals surface area contributed by atoms with E-state index in [1.807, 2.05) is 24.5 Å². The molecule has 1 aliphatic rings. The van der Waals surface area contributed by atoms with E-state index in [4.69, 9.17) is 10.5 Å². The van der Waals surface area contributed by atoms with Crippen LogP contribution in [0.3, 0.4) is 0 Å². The zero-order chi connectivity index (χ0) is 28.4. The highest BCUT2D eigenvalue weighted by molar-refractivity contribution is 9.12. The Kier molecular flexibility index (Phi) is 12.0. The minimum absolute atomic E-state index is 0.240. The Morgan fingerprint density at radius 1 is 1.13 bits per heavy atom. The first-order chi connectivity index (χ1) is 18.2. The van der Waals surface area contributed by atoms with E-state index in [0.29, 0.717) is 23.4 Å². The van der Waals surface area contributed by atoms with Crippen molar-refractivity contribution in [3.63, 3.8) is 0 Å². The first kappa shape index (κ1) is 31.1. The molecule has 3 rings (SSSR count). The summed E-state index contributed by atoms with van der Waals surface area (Å²) in [5.74, 6) is -1.92. The van der Waals surface area contributed by atoms with Crippen molar-refractivity contribution >= 4 is 44.5 Å². The Morgan fingerprint density at radius 2 is 1.84 bits per heavy atom. The van der Waals surface area contributed by atoms with Crippen LogP contribution in [0.5, 0.6) is 5.75 Å². The second kappa shape index (κ2) is 14.7. The van der Waals surface area contributed by atoms with E-state index in [1.165, 1.54) is 17.2 Å². The maximum Gasteiger partial charge on any atom is 0.343 e. The van der Waals surface area contributed by atoms with Crippen molar-refractivity contribution in [3.8, 4) is 5.75 Å². The number of fused-ring (bicyclic) bond motifs is 1. The summed E-state index contributed by atoms with van der Waals surface area (Å²) < 4.78 is 13.6. The maximum absolute atomic E-state index is 12.6. The number of nitrogens with zero attached hydrogens (tertiary/aromatic N) is 1. The number of carbonyl (C=O) groups is 3. The molecule has 1 aliphatic carbocycles. The molecule has 0 fully saturated rings. The van der Waals surface area contributed by atoms with Gasteiger partial charge in [0.1, 0.15) is 5.75 Å². The number of ketones is 1. The summed E-state index contributed by atoms with van der Waals surface area (Å²) in [6, 6.07) is 1.85. The van der Waals surface area contributed by atoms with Crippen molar-refractivity contribution in [2.75, 3.05) is 13.7 Å². The van der Waals surface area contributed by atoms with Gasteiger partial charge < -0.3 is 19.8 Å².